The molecule has 0 spiro atoms. The third-order valence-electron chi connectivity index (χ3n) is 3.04. The van der Waals surface area contributed by atoms with Crippen molar-refractivity contribution in [3.8, 4) is 11.5 Å². The summed E-state index contributed by atoms with van der Waals surface area (Å²) in [4.78, 5) is 11.9. The van der Waals surface area contributed by atoms with Crippen LogP contribution in [0.1, 0.15) is 22.8 Å². The van der Waals surface area contributed by atoms with Gasteiger partial charge < -0.3 is 15.2 Å². The zero-order valence-corrected chi connectivity index (χ0v) is 13.4. The van der Waals surface area contributed by atoms with Crippen molar-refractivity contribution in [2.24, 2.45) is 5.10 Å². The van der Waals surface area contributed by atoms with Gasteiger partial charge in [-0.05, 0) is 55.0 Å². The molecule has 3 N–H and O–H groups in total. The van der Waals surface area contributed by atoms with Crippen LogP contribution < -0.4 is 20.6 Å². The highest BCUT2D eigenvalue weighted by Gasteiger charge is 2.11. The second-order valence-electron chi connectivity index (χ2n) is 4.84. The molecule has 0 aliphatic rings. The Hall–Kier alpha value is -3.16. The van der Waals surface area contributed by atoms with Crippen LogP contribution in [0, 0.1) is 0 Å². The third-order valence-corrected chi connectivity index (χ3v) is 3.04. The first-order valence-corrected chi connectivity index (χ1v) is 7.40. The number of amides is 1. The Morgan fingerprint density at radius 2 is 1.96 bits per heavy atom. The number of carbonyl (C=O) groups excluding carboxylic acids is 1. The van der Waals surface area contributed by atoms with Crippen molar-refractivity contribution >= 4 is 17.8 Å². The molecule has 2 rings (SSSR count). The number of nitrogens with zero attached hydrogens (tertiary/aromatic N) is 1. The maximum atomic E-state index is 12.4. The Morgan fingerprint density at radius 3 is 2.60 bits per heavy atom. The first-order valence-electron chi connectivity index (χ1n) is 7.40. The van der Waals surface area contributed by atoms with Gasteiger partial charge in [0.1, 0.15) is 0 Å². The monoisotopic (exact) mass is 349 g/mol. The van der Waals surface area contributed by atoms with Crippen molar-refractivity contribution in [2.45, 2.75) is 13.5 Å². The highest BCUT2D eigenvalue weighted by Crippen LogP contribution is 2.29. The highest BCUT2D eigenvalue weighted by atomic mass is 19.3. The number of anilines is 1. The summed E-state index contributed by atoms with van der Waals surface area (Å²) < 4.78 is 34.4. The molecular formula is C17H17F2N3O3. The molecule has 0 saturated carbocycles. The number of rotatable bonds is 7. The Balaban J connectivity index is 2.05. The number of halogens is 2. The molecule has 2 aromatic rings. The average molecular weight is 349 g/mol. The van der Waals surface area contributed by atoms with E-state index in [0.717, 1.165) is 0 Å². The molecule has 0 aliphatic carbocycles. The summed E-state index contributed by atoms with van der Waals surface area (Å²) >= 11 is 0. The van der Waals surface area contributed by atoms with Gasteiger partial charge in [-0.2, -0.15) is 13.9 Å². The number of nitrogens with two attached hydrogens (primary N) is 1. The van der Waals surface area contributed by atoms with Crippen molar-refractivity contribution in [1.82, 2.24) is 5.43 Å². The normalized spacial score (nSPS) is 10.9. The van der Waals surface area contributed by atoms with Gasteiger partial charge in [0, 0.05) is 11.3 Å². The summed E-state index contributed by atoms with van der Waals surface area (Å²) in [6, 6.07) is 10.7. The molecule has 0 aliphatic heterocycles. The lowest BCUT2D eigenvalue weighted by atomic mass is 10.2. The van der Waals surface area contributed by atoms with E-state index in [9.17, 15) is 13.6 Å². The van der Waals surface area contributed by atoms with Crippen LogP contribution in [0.4, 0.5) is 14.5 Å². The van der Waals surface area contributed by atoms with Crippen molar-refractivity contribution in [3.05, 3.63) is 53.6 Å². The number of carbonyl (C=O) groups is 1. The van der Waals surface area contributed by atoms with Gasteiger partial charge in [0.15, 0.2) is 11.5 Å². The first kappa shape index (κ1) is 18.2. The summed E-state index contributed by atoms with van der Waals surface area (Å²) in [6.45, 7) is -0.939. The second kappa shape index (κ2) is 8.62. The van der Waals surface area contributed by atoms with E-state index in [1.807, 2.05) is 0 Å². The molecule has 0 unspecified atom stereocenters. The fourth-order valence-electron chi connectivity index (χ4n) is 1.93. The van der Waals surface area contributed by atoms with Gasteiger partial charge in [-0.15, -0.1) is 0 Å². The number of hydrazone groups is 1. The van der Waals surface area contributed by atoms with E-state index in [2.05, 4.69) is 15.3 Å². The lowest BCUT2D eigenvalue weighted by molar-refractivity contribution is -0.0514. The van der Waals surface area contributed by atoms with Gasteiger partial charge in [0.2, 0.25) is 0 Å². The molecule has 1 amide bonds. The molecule has 0 radical (unpaired) electrons. The molecule has 0 aromatic heterocycles. The highest BCUT2D eigenvalue weighted by molar-refractivity contribution is 5.95. The molecule has 8 heteroatoms. The van der Waals surface area contributed by atoms with Crippen molar-refractivity contribution in [2.75, 3.05) is 12.3 Å². The summed E-state index contributed by atoms with van der Waals surface area (Å²) in [5.74, 6) is -0.310. The summed E-state index contributed by atoms with van der Waals surface area (Å²) in [7, 11) is 0. The van der Waals surface area contributed by atoms with E-state index in [1.165, 1.54) is 24.4 Å². The largest absolute Gasteiger partial charge is 0.490 e. The maximum Gasteiger partial charge on any atom is 0.387 e. The van der Waals surface area contributed by atoms with Crippen molar-refractivity contribution in [3.63, 3.8) is 0 Å². The number of hydrogen-bond acceptors (Lipinski definition) is 5. The quantitative estimate of drug-likeness (QED) is 0.457. The zero-order chi connectivity index (χ0) is 18.2. The Morgan fingerprint density at radius 1 is 1.24 bits per heavy atom. The van der Waals surface area contributed by atoms with Gasteiger partial charge in [-0.3, -0.25) is 4.79 Å². The fourth-order valence-corrected chi connectivity index (χ4v) is 1.93. The van der Waals surface area contributed by atoms with Gasteiger partial charge in [0.25, 0.3) is 5.91 Å². The molecular weight excluding hydrogens is 332 g/mol. The maximum absolute atomic E-state index is 12.4. The van der Waals surface area contributed by atoms with E-state index in [-0.39, 0.29) is 18.1 Å². The number of alkyl halides is 2. The van der Waals surface area contributed by atoms with Crippen LogP contribution in [0.15, 0.2) is 47.6 Å². The van der Waals surface area contributed by atoms with E-state index in [0.29, 0.717) is 16.8 Å². The Labute approximate surface area is 143 Å². The van der Waals surface area contributed by atoms with Crippen LogP contribution >= 0.6 is 0 Å². The Kier molecular flexibility index (Phi) is 6.27. The smallest absolute Gasteiger partial charge is 0.387 e. The minimum Gasteiger partial charge on any atom is -0.490 e. The molecule has 2 aromatic carbocycles. The number of hydrogen-bond donors (Lipinski definition) is 2. The summed E-state index contributed by atoms with van der Waals surface area (Å²) in [5.41, 5.74) is 9.42. The van der Waals surface area contributed by atoms with Crippen LogP contribution in [0.2, 0.25) is 0 Å². The number of nitrogens with one attached hydrogen (secondary N) is 1. The molecule has 25 heavy (non-hydrogen) atoms. The predicted molar refractivity (Wildman–Crippen MR) is 90.2 cm³/mol. The van der Waals surface area contributed by atoms with Crippen molar-refractivity contribution in [1.29, 1.82) is 0 Å². The molecule has 0 fully saturated rings. The minimum atomic E-state index is -2.95. The predicted octanol–water partition coefficient (Wildman–Crippen LogP) is 3.03. The van der Waals surface area contributed by atoms with E-state index in [1.54, 1.807) is 31.2 Å². The van der Waals surface area contributed by atoms with Gasteiger partial charge in [-0.25, -0.2) is 5.43 Å². The lowest BCUT2D eigenvalue weighted by Gasteiger charge is -2.11. The zero-order valence-electron chi connectivity index (χ0n) is 13.4. The van der Waals surface area contributed by atoms with Gasteiger partial charge >= 0.3 is 6.61 Å². The molecule has 0 heterocycles. The fraction of sp³-hybridized carbons (Fsp3) is 0.176. The Bertz CT molecular complexity index is 749. The first-order chi connectivity index (χ1) is 12.0. The molecule has 0 saturated heterocycles. The van der Waals surface area contributed by atoms with E-state index < -0.39 is 12.5 Å². The standard InChI is InChI=1S/C17H17F2N3O3/c1-2-24-15-9-11(3-8-14(15)25-17(18)19)10-21-22-16(23)12-4-6-13(20)7-5-12/h3-10,17H,2,20H2,1H3,(H,22,23)/b21-10-. The second-order valence-corrected chi connectivity index (χ2v) is 4.84. The van der Waals surface area contributed by atoms with Crippen LogP contribution in [-0.4, -0.2) is 25.3 Å². The molecule has 6 nitrogen and oxygen atoms in total. The number of benzene rings is 2. The van der Waals surface area contributed by atoms with Gasteiger partial charge in [0.05, 0.1) is 12.8 Å². The number of nitrogen functional groups attached to an aromatic ring is 1. The molecule has 132 valence electrons. The summed E-state index contributed by atoms with van der Waals surface area (Å²) in [5, 5.41) is 3.83. The molecule has 0 bridgehead atoms. The van der Waals surface area contributed by atoms with Crippen LogP contribution in [0.5, 0.6) is 11.5 Å². The van der Waals surface area contributed by atoms with Crippen molar-refractivity contribution < 1.29 is 23.0 Å². The van der Waals surface area contributed by atoms with Crippen LogP contribution in [-0.2, 0) is 0 Å². The summed E-state index contributed by atoms with van der Waals surface area (Å²) in [6.07, 6.45) is 1.36. The van der Waals surface area contributed by atoms with E-state index in [4.69, 9.17) is 10.5 Å². The van der Waals surface area contributed by atoms with Crippen LogP contribution in [0.25, 0.3) is 0 Å². The number of ether oxygens (including phenoxy) is 2. The lowest BCUT2D eigenvalue weighted by Crippen LogP contribution is -2.17. The van der Waals surface area contributed by atoms with Crippen LogP contribution in [0.3, 0.4) is 0 Å². The topological polar surface area (TPSA) is 85.9 Å². The minimum absolute atomic E-state index is 0.0695. The average Bonchev–Trinajstić information content (AvgIpc) is 2.57. The third kappa shape index (κ3) is 5.45. The van der Waals surface area contributed by atoms with E-state index >= 15 is 0 Å². The molecule has 0 atom stereocenters. The SMILES string of the molecule is CCOc1cc(/C=N\NC(=O)c2ccc(N)cc2)ccc1OC(F)F. The van der Waals surface area contributed by atoms with Gasteiger partial charge in [-0.1, -0.05) is 0 Å².